The zero-order chi connectivity index (χ0) is 14.0. The van der Waals surface area contributed by atoms with Crippen LogP contribution in [0.4, 0.5) is 0 Å². The molecule has 1 aromatic carbocycles. The predicted octanol–water partition coefficient (Wildman–Crippen LogP) is 3.52. The number of hydrogen-bond acceptors (Lipinski definition) is 3. The highest BCUT2D eigenvalue weighted by Gasteiger charge is 2.33. The van der Waals surface area contributed by atoms with Crippen LogP contribution in [0.2, 0.25) is 0 Å². The first-order valence-corrected chi connectivity index (χ1v) is 6.47. The molecule has 0 saturated carbocycles. The lowest BCUT2D eigenvalue weighted by Gasteiger charge is -2.27. The van der Waals surface area contributed by atoms with Gasteiger partial charge in [0, 0.05) is 11.1 Å². The van der Waals surface area contributed by atoms with Gasteiger partial charge in [0.25, 0.3) is 0 Å². The van der Waals surface area contributed by atoms with E-state index in [0.717, 1.165) is 22.2 Å². The molecule has 0 saturated heterocycles. The first-order chi connectivity index (χ1) is 9.01. The fraction of sp³-hybridized carbons (Fsp3) is 0.375. The fourth-order valence-corrected chi connectivity index (χ4v) is 2.24. The van der Waals surface area contributed by atoms with Gasteiger partial charge in [0.1, 0.15) is 0 Å². The van der Waals surface area contributed by atoms with Crippen LogP contribution < -0.4 is 0 Å². The third-order valence-electron chi connectivity index (χ3n) is 3.76. The lowest BCUT2D eigenvalue weighted by molar-refractivity contribution is 0.0734. The normalized spacial score (nSPS) is 15.7. The van der Waals surface area contributed by atoms with Crippen LogP contribution in [0.1, 0.15) is 37.6 Å². The van der Waals surface area contributed by atoms with E-state index in [1.807, 2.05) is 44.2 Å². The van der Waals surface area contributed by atoms with E-state index in [0.29, 0.717) is 6.42 Å². The molecule has 2 aromatic rings. The van der Waals surface area contributed by atoms with Crippen LogP contribution in [-0.2, 0) is 0 Å². The van der Waals surface area contributed by atoms with Crippen LogP contribution in [0.15, 0.2) is 30.3 Å². The van der Waals surface area contributed by atoms with Gasteiger partial charge in [-0.25, -0.2) is 0 Å². The maximum absolute atomic E-state index is 10.6. The smallest absolute Gasteiger partial charge is 0.0980 e. The minimum Gasteiger partial charge on any atom is -0.387 e. The van der Waals surface area contributed by atoms with E-state index in [9.17, 15) is 10.4 Å². The second-order valence-corrected chi connectivity index (χ2v) is 5.16. The largest absolute Gasteiger partial charge is 0.387 e. The molecular weight excluding hydrogens is 236 g/mol. The number of hydrogen-bond donors (Lipinski definition) is 1. The van der Waals surface area contributed by atoms with E-state index in [1.54, 1.807) is 6.92 Å². The van der Waals surface area contributed by atoms with E-state index < -0.39 is 11.5 Å². The van der Waals surface area contributed by atoms with Gasteiger partial charge in [-0.05, 0) is 38.0 Å². The zero-order valence-electron chi connectivity index (χ0n) is 11.5. The molecule has 3 heteroatoms. The first kappa shape index (κ1) is 13.5. The van der Waals surface area contributed by atoms with Crippen molar-refractivity contribution in [3.63, 3.8) is 0 Å². The van der Waals surface area contributed by atoms with Gasteiger partial charge in [0.15, 0.2) is 0 Å². The number of pyridine rings is 1. The van der Waals surface area contributed by atoms with Crippen molar-refractivity contribution in [3.8, 4) is 6.07 Å². The van der Waals surface area contributed by atoms with E-state index in [-0.39, 0.29) is 0 Å². The Morgan fingerprint density at radius 2 is 2.11 bits per heavy atom. The van der Waals surface area contributed by atoms with E-state index >= 15 is 0 Å². The summed E-state index contributed by atoms with van der Waals surface area (Å²) < 4.78 is 0. The maximum Gasteiger partial charge on any atom is 0.0980 e. The predicted molar refractivity (Wildman–Crippen MR) is 75.5 cm³/mol. The van der Waals surface area contributed by atoms with Crippen molar-refractivity contribution >= 4 is 10.9 Å². The molecule has 98 valence electrons. The molecule has 2 rings (SSSR count). The highest BCUT2D eigenvalue weighted by atomic mass is 16.3. The molecule has 0 aliphatic rings. The molecule has 19 heavy (non-hydrogen) atoms. The Labute approximate surface area is 113 Å². The number of aliphatic hydroxyl groups excluding tert-OH is 1. The topological polar surface area (TPSA) is 56.9 Å². The molecule has 2 atom stereocenters. The van der Waals surface area contributed by atoms with E-state index in [2.05, 4.69) is 11.1 Å². The number of nitrogens with zero attached hydrogens (tertiary/aromatic N) is 2. The SMILES string of the molecule is CCC(C)(C#N)C(O)c1cc(C)nc2ccccc12. The van der Waals surface area contributed by atoms with Crippen LogP contribution in [-0.4, -0.2) is 10.1 Å². The summed E-state index contributed by atoms with van der Waals surface area (Å²) in [7, 11) is 0. The van der Waals surface area contributed by atoms with Crippen LogP contribution in [0.25, 0.3) is 10.9 Å². The molecule has 0 fully saturated rings. The molecule has 0 aliphatic carbocycles. The fourth-order valence-electron chi connectivity index (χ4n) is 2.24. The van der Waals surface area contributed by atoms with Crippen molar-refractivity contribution in [2.75, 3.05) is 0 Å². The number of aliphatic hydroxyl groups is 1. The Bertz CT molecular complexity index is 645. The van der Waals surface area contributed by atoms with Crippen molar-refractivity contribution in [1.29, 1.82) is 5.26 Å². The van der Waals surface area contributed by atoms with Gasteiger partial charge in [-0.3, -0.25) is 4.98 Å². The average Bonchev–Trinajstić information content (AvgIpc) is 2.44. The van der Waals surface area contributed by atoms with Gasteiger partial charge in [-0.15, -0.1) is 0 Å². The Morgan fingerprint density at radius 1 is 1.42 bits per heavy atom. The summed E-state index contributed by atoms with van der Waals surface area (Å²) in [6, 6.07) is 11.8. The van der Waals surface area contributed by atoms with Crippen molar-refractivity contribution < 1.29 is 5.11 Å². The number of aryl methyl sites for hydroxylation is 1. The summed E-state index contributed by atoms with van der Waals surface area (Å²) in [5.74, 6) is 0. The van der Waals surface area contributed by atoms with Gasteiger partial charge >= 0.3 is 0 Å². The van der Waals surface area contributed by atoms with Crippen molar-refractivity contribution in [2.45, 2.75) is 33.3 Å². The molecule has 3 nitrogen and oxygen atoms in total. The van der Waals surface area contributed by atoms with Crippen LogP contribution in [0.3, 0.4) is 0 Å². The minimum absolute atomic E-state index is 0.598. The quantitative estimate of drug-likeness (QED) is 0.911. The second kappa shape index (κ2) is 4.99. The summed E-state index contributed by atoms with van der Waals surface area (Å²) in [6.45, 7) is 5.61. The highest BCUT2D eigenvalue weighted by Crippen LogP contribution is 2.38. The van der Waals surface area contributed by atoms with Crippen molar-refractivity contribution in [2.24, 2.45) is 5.41 Å². The standard InChI is InChI=1S/C16H18N2O/c1-4-16(3,10-17)15(19)13-9-11(2)18-14-8-6-5-7-12(13)14/h5-9,15,19H,4H2,1-3H3. The van der Waals surface area contributed by atoms with Gasteiger partial charge in [-0.2, -0.15) is 5.26 Å². The molecule has 0 aliphatic heterocycles. The Hall–Kier alpha value is -1.92. The summed E-state index contributed by atoms with van der Waals surface area (Å²) >= 11 is 0. The van der Waals surface area contributed by atoms with Gasteiger partial charge in [-0.1, -0.05) is 25.1 Å². The summed E-state index contributed by atoms with van der Waals surface area (Å²) in [6.07, 6.45) is -0.213. The molecule has 0 spiro atoms. The number of nitriles is 1. The number of fused-ring (bicyclic) bond motifs is 1. The highest BCUT2D eigenvalue weighted by molar-refractivity contribution is 5.82. The lowest BCUT2D eigenvalue weighted by atomic mass is 9.79. The van der Waals surface area contributed by atoms with Crippen molar-refractivity contribution in [1.82, 2.24) is 4.98 Å². The molecule has 0 radical (unpaired) electrons. The van der Waals surface area contributed by atoms with Crippen LogP contribution >= 0.6 is 0 Å². The third kappa shape index (κ3) is 2.32. The average molecular weight is 254 g/mol. The number of para-hydroxylation sites is 1. The minimum atomic E-state index is -0.811. The van der Waals surface area contributed by atoms with Gasteiger partial charge in [0.05, 0.1) is 23.1 Å². The Morgan fingerprint density at radius 3 is 2.74 bits per heavy atom. The summed E-state index contributed by atoms with van der Waals surface area (Å²) in [4.78, 5) is 4.46. The number of rotatable bonds is 3. The summed E-state index contributed by atoms with van der Waals surface area (Å²) in [5.41, 5.74) is 1.71. The van der Waals surface area contributed by atoms with Gasteiger partial charge in [0.2, 0.25) is 0 Å². The molecule has 0 amide bonds. The van der Waals surface area contributed by atoms with E-state index in [1.165, 1.54) is 0 Å². The molecule has 1 heterocycles. The van der Waals surface area contributed by atoms with Crippen LogP contribution in [0.5, 0.6) is 0 Å². The number of benzene rings is 1. The van der Waals surface area contributed by atoms with Crippen molar-refractivity contribution in [3.05, 3.63) is 41.6 Å². The molecular formula is C16H18N2O. The van der Waals surface area contributed by atoms with Crippen LogP contribution in [0, 0.1) is 23.7 Å². The monoisotopic (exact) mass is 254 g/mol. The first-order valence-electron chi connectivity index (χ1n) is 6.47. The Balaban J connectivity index is 2.66. The molecule has 2 unspecified atom stereocenters. The molecule has 0 bridgehead atoms. The number of aromatic nitrogens is 1. The lowest BCUT2D eigenvalue weighted by Crippen LogP contribution is -2.23. The van der Waals surface area contributed by atoms with Gasteiger partial charge < -0.3 is 5.11 Å². The maximum atomic E-state index is 10.6. The zero-order valence-corrected chi connectivity index (χ0v) is 11.5. The van der Waals surface area contributed by atoms with E-state index in [4.69, 9.17) is 0 Å². The molecule has 1 aromatic heterocycles. The Kier molecular flexibility index (Phi) is 3.55. The third-order valence-corrected chi connectivity index (χ3v) is 3.76. The molecule has 1 N–H and O–H groups in total. The summed E-state index contributed by atoms with van der Waals surface area (Å²) in [5, 5.41) is 20.9. The second-order valence-electron chi connectivity index (χ2n) is 5.16.